The van der Waals surface area contributed by atoms with Crippen molar-refractivity contribution in [3.63, 3.8) is 0 Å². The van der Waals surface area contributed by atoms with Gasteiger partial charge in [-0.05, 0) is 25.7 Å². The molecule has 106 valence electrons. The van der Waals surface area contributed by atoms with Crippen LogP contribution in [0.1, 0.15) is 32.6 Å². The van der Waals surface area contributed by atoms with Crippen molar-refractivity contribution in [3.8, 4) is 0 Å². The predicted octanol–water partition coefficient (Wildman–Crippen LogP) is 0.571. The lowest BCUT2D eigenvalue weighted by atomic mass is 10.2. The van der Waals surface area contributed by atoms with Crippen LogP contribution in [0, 0.1) is 0 Å². The fourth-order valence-electron chi connectivity index (χ4n) is 2.42. The average Bonchev–Trinajstić information content (AvgIpc) is 2.89. The lowest BCUT2D eigenvalue weighted by molar-refractivity contribution is 0.0996. The number of hydrogen-bond acceptors (Lipinski definition) is 4. The third-order valence-corrected chi connectivity index (χ3v) is 3.43. The maximum Gasteiger partial charge on any atom is 0.331 e. The van der Waals surface area contributed by atoms with E-state index in [2.05, 4.69) is 0 Å². The summed E-state index contributed by atoms with van der Waals surface area (Å²) in [6, 6.07) is 0. The number of rotatable bonds is 5. The van der Waals surface area contributed by atoms with Crippen molar-refractivity contribution < 1.29 is 4.74 Å². The minimum absolute atomic E-state index is 0.125. The van der Waals surface area contributed by atoms with Crippen LogP contribution >= 0.6 is 0 Å². The van der Waals surface area contributed by atoms with E-state index in [4.69, 9.17) is 10.5 Å². The quantitative estimate of drug-likeness (QED) is 0.846. The predicted molar refractivity (Wildman–Crippen MR) is 73.3 cm³/mol. The molecule has 1 aromatic rings. The van der Waals surface area contributed by atoms with E-state index in [1.807, 2.05) is 6.92 Å². The highest BCUT2D eigenvalue weighted by atomic mass is 16.5. The fraction of sp³-hybridized carbons (Fsp3) is 0.692. The smallest absolute Gasteiger partial charge is 0.331 e. The van der Waals surface area contributed by atoms with E-state index in [0.717, 1.165) is 25.9 Å². The second-order valence-electron chi connectivity index (χ2n) is 4.94. The number of ether oxygens (including phenoxy) is 1. The molecule has 1 fully saturated rings. The molecule has 2 rings (SSSR count). The molecule has 1 aliphatic rings. The van der Waals surface area contributed by atoms with Gasteiger partial charge < -0.3 is 10.5 Å². The van der Waals surface area contributed by atoms with Crippen molar-refractivity contribution in [2.75, 3.05) is 12.3 Å². The monoisotopic (exact) mass is 267 g/mol. The van der Waals surface area contributed by atoms with Crippen LogP contribution in [0.3, 0.4) is 0 Å². The summed E-state index contributed by atoms with van der Waals surface area (Å²) in [7, 11) is 0. The fourth-order valence-corrected chi connectivity index (χ4v) is 2.42. The molecule has 1 saturated heterocycles. The Labute approximate surface area is 111 Å². The number of hydrogen-bond donors (Lipinski definition) is 1. The molecule has 0 aliphatic carbocycles. The van der Waals surface area contributed by atoms with Crippen molar-refractivity contribution in [2.45, 2.75) is 51.8 Å². The zero-order chi connectivity index (χ0) is 13.8. The first-order valence-corrected chi connectivity index (χ1v) is 6.85. The van der Waals surface area contributed by atoms with Crippen molar-refractivity contribution >= 4 is 5.69 Å². The number of nitrogen functional groups attached to an aromatic ring is 1. The van der Waals surface area contributed by atoms with Crippen LogP contribution in [0.5, 0.6) is 0 Å². The number of aryl methyl sites for hydroxylation is 1. The third kappa shape index (κ3) is 3.07. The highest BCUT2D eigenvalue weighted by Crippen LogP contribution is 2.15. The Morgan fingerprint density at radius 1 is 1.42 bits per heavy atom. The van der Waals surface area contributed by atoms with E-state index < -0.39 is 5.56 Å². The largest absolute Gasteiger partial charge is 0.393 e. The summed E-state index contributed by atoms with van der Waals surface area (Å²) in [6.45, 7) is 3.70. The summed E-state index contributed by atoms with van der Waals surface area (Å²) in [5.74, 6) is 0. The Morgan fingerprint density at radius 3 is 2.84 bits per heavy atom. The standard InChI is InChI=1S/C13H21N3O3/c1-2-6-15-9-11(14)12(17)16(13(15)18)7-5-10-4-3-8-19-10/h9-10H,2-8,14H2,1H3. The molecule has 0 aromatic carbocycles. The molecule has 1 unspecified atom stereocenters. The molecule has 1 aromatic heterocycles. The van der Waals surface area contributed by atoms with Gasteiger partial charge in [-0.1, -0.05) is 6.92 Å². The van der Waals surface area contributed by atoms with Crippen LogP contribution < -0.4 is 17.0 Å². The van der Waals surface area contributed by atoms with Crippen molar-refractivity contribution in [2.24, 2.45) is 0 Å². The van der Waals surface area contributed by atoms with Gasteiger partial charge in [-0.3, -0.25) is 13.9 Å². The van der Waals surface area contributed by atoms with E-state index in [-0.39, 0.29) is 17.5 Å². The Balaban J connectivity index is 2.22. The minimum Gasteiger partial charge on any atom is -0.393 e. The zero-order valence-corrected chi connectivity index (χ0v) is 11.3. The van der Waals surface area contributed by atoms with Crippen LogP contribution in [-0.2, 0) is 17.8 Å². The van der Waals surface area contributed by atoms with Gasteiger partial charge in [-0.25, -0.2) is 4.79 Å². The summed E-state index contributed by atoms with van der Waals surface area (Å²) < 4.78 is 8.24. The molecule has 0 spiro atoms. The van der Waals surface area contributed by atoms with Crippen LogP contribution in [0.15, 0.2) is 15.8 Å². The summed E-state index contributed by atoms with van der Waals surface area (Å²) in [5.41, 5.74) is 5.13. The van der Waals surface area contributed by atoms with Crippen molar-refractivity contribution in [1.82, 2.24) is 9.13 Å². The molecule has 6 heteroatoms. The zero-order valence-electron chi connectivity index (χ0n) is 11.3. The van der Waals surface area contributed by atoms with Gasteiger partial charge >= 0.3 is 5.69 Å². The van der Waals surface area contributed by atoms with Crippen molar-refractivity contribution in [1.29, 1.82) is 0 Å². The lowest BCUT2D eigenvalue weighted by Gasteiger charge is -2.13. The number of anilines is 1. The highest BCUT2D eigenvalue weighted by Gasteiger charge is 2.17. The van der Waals surface area contributed by atoms with Crippen LogP contribution in [0.4, 0.5) is 5.69 Å². The van der Waals surface area contributed by atoms with E-state index in [0.29, 0.717) is 19.5 Å². The summed E-state index contributed by atoms with van der Waals surface area (Å²) in [4.78, 5) is 24.1. The van der Waals surface area contributed by atoms with E-state index in [9.17, 15) is 9.59 Å². The maximum atomic E-state index is 12.2. The Kier molecular flexibility index (Phi) is 4.42. The number of aromatic nitrogens is 2. The molecular weight excluding hydrogens is 246 g/mol. The molecule has 0 saturated carbocycles. The SMILES string of the molecule is CCCn1cc(N)c(=O)n(CCC2CCCO2)c1=O. The molecule has 2 heterocycles. The maximum absolute atomic E-state index is 12.2. The van der Waals surface area contributed by atoms with Gasteiger partial charge in [-0.2, -0.15) is 0 Å². The first-order valence-electron chi connectivity index (χ1n) is 6.85. The molecule has 6 nitrogen and oxygen atoms in total. The number of nitrogens with zero attached hydrogens (tertiary/aromatic N) is 2. The van der Waals surface area contributed by atoms with Gasteiger partial charge in [0.1, 0.15) is 5.69 Å². The Bertz CT molecular complexity index is 541. The van der Waals surface area contributed by atoms with Gasteiger partial charge in [0.2, 0.25) is 0 Å². The van der Waals surface area contributed by atoms with Crippen LogP contribution in [0.2, 0.25) is 0 Å². The van der Waals surface area contributed by atoms with Gasteiger partial charge in [-0.15, -0.1) is 0 Å². The van der Waals surface area contributed by atoms with Gasteiger partial charge in [0.15, 0.2) is 0 Å². The summed E-state index contributed by atoms with van der Waals surface area (Å²) in [6.07, 6.45) is 5.16. The topological polar surface area (TPSA) is 79.2 Å². The summed E-state index contributed by atoms with van der Waals surface area (Å²) >= 11 is 0. The second-order valence-corrected chi connectivity index (χ2v) is 4.94. The summed E-state index contributed by atoms with van der Waals surface area (Å²) in [5, 5.41) is 0. The molecule has 0 bridgehead atoms. The molecule has 2 N–H and O–H groups in total. The van der Waals surface area contributed by atoms with E-state index >= 15 is 0 Å². The first-order chi connectivity index (χ1) is 9.13. The second kappa shape index (κ2) is 6.06. The van der Waals surface area contributed by atoms with Crippen LogP contribution in [0.25, 0.3) is 0 Å². The Morgan fingerprint density at radius 2 is 2.21 bits per heavy atom. The Hall–Kier alpha value is -1.56. The molecular formula is C13H21N3O3. The average molecular weight is 267 g/mol. The van der Waals surface area contributed by atoms with Crippen LogP contribution in [-0.4, -0.2) is 21.8 Å². The molecule has 0 radical (unpaired) electrons. The molecule has 19 heavy (non-hydrogen) atoms. The van der Waals surface area contributed by atoms with Crippen molar-refractivity contribution in [3.05, 3.63) is 27.0 Å². The normalized spacial score (nSPS) is 18.9. The first kappa shape index (κ1) is 13.9. The molecule has 0 amide bonds. The molecule has 1 aliphatic heterocycles. The lowest BCUT2D eigenvalue weighted by Crippen LogP contribution is -2.41. The molecule has 1 atom stereocenters. The minimum atomic E-state index is -0.393. The third-order valence-electron chi connectivity index (χ3n) is 3.43. The van der Waals surface area contributed by atoms with Gasteiger partial charge in [0.25, 0.3) is 5.56 Å². The van der Waals surface area contributed by atoms with E-state index in [1.165, 1.54) is 15.3 Å². The van der Waals surface area contributed by atoms with Gasteiger partial charge in [0, 0.05) is 25.9 Å². The highest BCUT2D eigenvalue weighted by molar-refractivity contribution is 5.30. The van der Waals surface area contributed by atoms with E-state index in [1.54, 1.807) is 0 Å². The number of nitrogens with two attached hydrogens (primary N) is 1. The van der Waals surface area contributed by atoms with Gasteiger partial charge in [0.05, 0.1) is 6.10 Å².